The van der Waals surface area contributed by atoms with Gasteiger partial charge >= 0.3 is 5.97 Å². The van der Waals surface area contributed by atoms with Crippen molar-refractivity contribution in [2.45, 2.75) is 0 Å². The van der Waals surface area contributed by atoms with Crippen molar-refractivity contribution < 1.29 is 9.90 Å². The number of halogens is 2. The van der Waals surface area contributed by atoms with Crippen molar-refractivity contribution >= 4 is 35.0 Å². The van der Waals surface area contributed by atoms with Crippen molar-refractivity contribution in [3.05, 3.63) is 40.0 Å². The molecule has 0 aliphatic heterocycles. The average molecular weight is 284 g/mol. The Bertz CT molecular complexity index is 632. The Hall–Kier alpha value is -1.85. The highest BCUT2D eigenvalue weighted by molar-refractivity contribution is 6.42. The molecule has 0 amide bonds. The van der Waals surface area contributed by atoms with E-state index in [1.54, 1.807) is 18.2 Å². The summed E-state index contributed by atoms with van der Waals surface area (Å²) in [5.74, 6) is -0.983. The molecular formula is C11H7Cl2N3O2. The molecule has 0 aliphatic carbocycles. The SMILES string of the molecule is Nc1nc(-c2ccc(Cl)c(Cl)c2)ncc1C(=O)O. The van der Waals surface area contributed by atoms with E-state index in [1.165, 1.54) is 0 Å². The van der Waals surface area contributed by atoms with Gasteiger partial charge in [0.25, 0.3) is 0 Å². The van der Waals surface area contributed by atoms with Crippen LogP contribution in [0, 0.1) is 0 Å². The van der Waals surface area contributed by atoms with Crippen molar-refractivity contribution in [1.82, 2.24) is 9.97 Å². The fourth-order valence-electron chi connectivity index (χ4n) is 1.33. The summed E-state index contributed by atoms with van der Waals surface area (Å²) in [6.45, 7) is 0. The smallest absolute Gasteiger partial charge is 0.341 e. The third-order valence-electron chi connectivity index (χ3n) is 2.23. The number of anilines is 1. The van der Waals surface area contributed by atoms with Gasteiger partial charge in [-0.2, -0.15) is 0 Å². The molecule has 7 heteroatoms. The standard InChI is InChI=1S/C11H7Cl2N3O2/c12-7-2-1-5(3-8(7)13)10-15-4-6(11(17)18)9(14)16-10/h1-4H,(H,17,18)(H2,14,15,16). The van der Waals surface area contributed by atoms with Crippen LogP contribution in [0.25, 0.3) is 11.4 Å². The predicted molar refractivity (Wildman–Crippen MR) is 68.9 cm³/mol. The van der Waals surface area contributed by atoms with Crippen LogP contribution in [0.4, 0.5) is 5.82 Å². The van der Waals surface area contributed by atoms with Gasteiger partial charge in [-0.25, -0.2) is 14.8 Å². The van der Waals surface area contributed by atoms with Crippen LogP contribution in [0.5, 0.6) is 0 Å². The van der Waals surface area contributed by atoms with E-state index in [0.29, 0.717) is 15.6 Å². The molecule has 0 saturated heterocycles. The Kier molecular flexibility index (Phi) is 3.36. The molecule has 1 heterocycles. The first-order valence-corrected chi connectivity index (χ1v) is 5.56. The summed E-state index contributed by atoms with van der Waals surface area (Å²) in [6.07, 6.45) is 1.16. The summed E-state index contributed by atoms with van der Waals surface area (Å²) in [4.78, 5) is 18.6. The van der Waals surface area contributed by atoms with E-state index in [0.717, 1.165) is 6.20 Å². The Morgan fingerprint density at radius 2 is 2.00 bits per heavy atom. The third-order valence-corrected chi connectivity index (χ3v) is 2.97. The summed E-state index contributed by atoms with van der Waals surface area (Å²) >= 11 is 11.7. The molecule has 0 saturated carbocycles. The Morgan fingerprint density at radius 3 is 2.56 bits per heavy atom. The molecule has 5 nitrogen and oxygen atoms in total. The Balaban J connectivity index is 2.48. The van der Waals surface area contributed by atoms with Crippen molar-refractivity contribution in [3.63, 3.8) is 0 Å². The van der Waals surface area contributed by atoms with Crippen LogP contribution in [0.1, 0.15) is 10.4 Å². The van der Waals surface area contributed by atoms with Crippen molar-refractivity contribution in [2.75, 3.05) is 5.73 Å². The van der Waals surface area contributed by atoms with Crippen LogP contribution < -0.4 is 5.73 Å². The summed E-state index contributed by atoms with van der Waals surface area (Å²) in [6, 6.07) is 4.85. The number of aromatic carboxylic acids is 1. The van der Waals surface area contributed by atoms with Crippen molar-refractivity contribution in [3.8, 4) is 11.4 Å². The molecule has 0 radical (unpaired) electrons. The molecule has 92 valence electrons. The minimum absolute atomic E-state index is 0.0985. The van der Waals surface area contributed by atoms with Crippen molar-refractivity contribution in [1.29, 1.82) is 0 Å². The molecule has 0 fully saturated rings. The summed E-state index contributed by atoms with van der Waals surface area (Å²) < 4.78 is 0. The van der Waals surface area contributed by atoms with Gasteiger partial charge < -0.3 is 10.8 Å². The van der Waals surface area contributed by atoms with E-state index in [2.05, 4.69) is 9.97 Å². The number of carboxylic acids is 1. The zero-order valence-corrected chi connectivity index (χ0v) is 10.4. The van der Waals surface area contributed by atoms with E-state index >= 15 is 0 Å². The number of carboxylic acid groups (broad SMARTS) is 1. The first kappa shape index (κ1) is 12.6. The van der Waals surface area contributed by atoms with Gasteiger partial charge in [0.2, 0.25) is 0 Å². The minimum atomic E-state index is -1.17. The number of carbonyl (C=O) groups is 1. The van der Waals surface area contributed by atoms with Crippen molar-refractivity contribution in [2.24, 2.45) is 0 Å². The molecule has 3 N–H and O–H groups in total. The van der Waals surface area contributed by atoms with Crippen LogP contribution in [-0.2, 0) is 0 Å². The number of nitrogens with zero attached hydrogens (tertiary/aromatic N) is 2. The summed E-state index contributed by atoms with van der Waals surface area (Å²) in [7, 11) is 0. The normalized spacial score (nSPS) is 10.3. The first-order valence-electron chi connectivity index (χ1n) is 4.80. The Morgan fingerprint density at radius 1 is 1.28 bits per heavy atom. The number of nitrogens with two attached hydrogens (primary N) is 1. The molecule has 0 aliphatic rings. The summed E-state index contributed by atoms with van der Waals surface area (Å²) in [5, 5.41) is 9.58. The summed E-state index contributed by atoms with van der Waals surface area (Å²) in [5.41, 5.74) is 6.00. The lowest BCUT2D eigenvalue weighted by atomic mass is 10.2. The first-order chi connectivity index (χ1) is 8.49. The number of nitrogen functional groups attached to an aromatic ring is 1. The second-order valence-corrected chi connectivity index (χ2v) is 4.24. The molecule has 2 aromatic rings. The Labute approximate surface area is 112 Å². The number of hydrogen-bond acceptors (Lipinski definition) is 4. The quantitative estimate of drug-likeness (QED) is 0.885. The second kappa shape index (κ2) is 4.80. The van der Waals surface area contributed by atoms with E-state index in [1.807, 2.05) is 0 Å². The van der Waals surface area contributed by atoms with Gasteiger partial charge in [0.05, 0.1) is 10.0 Å². The van der Waals surface area contributed by atoms with Gasteiger partial charge in [0.1, 0.15) is 11.4 Å². The van der Waals surface area contributed by atoms with Gasteiger partial charge in [-0.3, -0.25) is 0 Å². The van der Waals surface area contributed by atoms with Gasteiger partial charge in [0.15, 0.2) is 5.82 Å². The van der Waals surface area contributed by atoms with Gasteiger partial charge in [0, 0.05) is 11.8 Å². The van der Waals surface area contributed by atoms with E-state index in [-0.39, 0.29) is 17.2 Å². The van der Waals surface area contributed by atoms with Gasteiger partial charge in [-0.1, -0.05) is 23.2 Å². The monoisotopic (exact) mass is 283 g/mol. The van der Waals surface area contributed by atoms with Crippen LogP contribution in [0.2, 0.25) is 10.0 Å². The fourth-order valence-corrected chi connectivity index (χ4v) is 1.63. The molecule has 0 spiro atoms. The maximum Gasteiger partial charge on any atom is 0.341 e. The number of hydrogen-bond donors (Lipinski definition) is 2. The predicted octanol–water partition coefficient (Wildman–Crippen LogP) is 2.73. The lowest BCUT2D eigenvalue weighted by molar-refractivity contribution is 0.0697. The van der Waals surface area contributed by atoms with E-state index < -0.39 is 5.97 Å². The molecule has 1 aromatic heterocycles. The molecule has 0 unspecified atom stereocenters. The zero-order valence-electron chi connectivity index (χ0n) is 8.89. The molecule has 0 atom stereocenters. The number of aromatic nitrogens is 2. The van der Waals surface area contributed by atoms with Gasteiger partial charge in [-0.15, -0.1) is 0 Å². The average Bonchev–Trinajstić information content (AvgIpc) is 2.32. The second-order valence-electron chi connectivity index (χ2n) is 3.43. The molecular weight excluding hydrogens is 277 g/mol. The highest BCUT2D eigenvalue weighted by Crippen LogP contribution is 2.27. The van der Waals surface area contributed by atoms with Crippen LogP contribution in [-0.4, -0.2) is 21.0 Å². The molecule has 1 aromatic carbocycles. The van der Waals surface area contributed by atoms with Crippen LogP contribution in [0.3, 0.4) is 0 Å². The minimum Gasteiger partial charge on any atom is -0.477 e. The molecule has 18 heavy (non-hydrogen) atoms. The third kappa shape index (κ3) is 2.37. The fraction of sp³-hybridized carbons (Fsp3) is 0. The van der Waals surface area contributed by atoms with E-state index in [4.69, 9.17) is 34.0 Å². The number of benzene rings is 1. The highest BCUT2D eigenvalue weighted by Gasteiger charge is 2.12. The van der Waals surface area contributed by atoms with Crippen LogP contribution >= 0.6 is 23.2 Å². The van der Waals surface area contributed by atoms with Gasteiger partial charge in [-0.05, 0) is 18.2 Å². The highest BCUT2D eigenvalue weighted by atomic mass is 35.5. The topological polar surface area (TPSA) is 89.1 Å². The van der Waals surface area contributed by atoms with Crippen LogP contribution in [0.15, 0.2) is 24.4 Å². The lowest BCUT2D eigenvalue weighted by Crippen LogP contribution is -2.06. The number of rotatable bonds is 2. The largest absolute Gasteiger partial charge is 0.477 e. The molecule has 2 rings (SSSR count). The maximum atomic E-state index is 10.8. The lowest BCUT2D eigenvalue weighted by Gasteiger charge is -2.04. The van der Waals surface area contributed by atoms with E-state index in [9.17, 15) is 4.79 Å². The molecule has 0 bridgehead atoms. The zero-order chi connectivity index (χ0) is 13.3. The maximum absolute atomic E-state index is 10.8.